The molecule has 1 fully saturated rings. The van der Waals surface area contributed by atoms with Crippen molar-refractivity contribution in [2.24, 2.45) is 0 Å². The van der Waals surface area contributed by atoms with Crippen LogP contribution in [0.2, 0.25) is 0 Å². The van der Waals surface area contributed by atoms with Crippen molar-refractivity contribution < 1.29 is 4.74 Å². The highest BCUT2D eigenvalue weighted by atomic mass is 32.2. The van der Waals surface area contributed by atoms with Crippen LogP contribution in [0.3, 0.4) is 0 Å². The van der Waals surface area contributed by atoms with Crippen molar-refractivity contribution >= 4 is 11.8 Å². The Hall–Kier alpha value is -0.510. The molecule has 1 saturated carbocycles. The lowest BCUT2D eigenvalue weighted by Crippen LogP contribution is -2.28. The number of nitrogens with one attached hydrogen (secondary N) is 1. The van der Waals surface area contributed by atoms with E-state index < -0.39 is 0 Å². The van der Waals surface area contributed by atoms with Gasteiger partial charge in [0.05, 0.1) is 12.7 Å². The summed E-state index contributed by atoms with van der Waals surface area (Å²) in [5, 5.41) is 4.24. The Balaban J connectivity index is 1.29. The number of thioether (sulfide) groups is 1. The summed E-state index contributed by atoms with van der Waals surface area (Å²) in [5.74, 6) is 0. The lowest BCUT2D eigenvalue weighted by atomic mass is 10.1. The fraction of sp³-hybridized carbons (Fsp3) is 0.625. The summed E-state index contributed by atoms with van der Waals surface area (Å²) in [5.41, 5.74) is 1.52. The number of fused-ring (bicyclic) bond motifs is 1. The van der Waals surface area contributed by atoms with Gasteiger partial charge in [0, 0.05) is 23.2 Å². The van der Waals surface area contributed by atoms with E-state index >= 15 is 0 Å². The van der Waals surface area contributed by atoms with Crippen LogP contribution in [0, 0.1) is 0 Å². The summed E-state index contributed by atoms with van der Waals surface area (Å²) in [6, 6.07) is 8.77. The van der Waals surface area contributed by atoms with Gasteiger partial charge in [-0.1, -0.05) is 31.0 Å². The fourth-order valence-electron chi connectivity index (χ4n) is 2.98. The van der Waals surface area contributed by atoms with Crippen LogP contribution < -0.4 is 5.32 Å². The SMILES string of the molecule is c1ccc2c(c1)CC(CNCCOC1CCCC1)S2. The van der Waals surface area contributed by atoms with Crippen LogP contribution in [-0.2, 0) is 11.2 Å². The molecule has 0 radical (unpaired) electrons. The standard InChI is InChI=1S/C16H23NOS/c1-4-8-16-13(5-1)11-15(19-16)12-17-9-10-18-14-6-2-3-7-14/h1,4-5,8,14-15,17H,2-3,6-7,9-12H2. The first kappa shape index (κ1) is 13.5. The maximum atomic E-state index is 5.86. The van der Waals surface area contributed by atoms with Gasteiger partial charge in [-0.3, -0.25) is 0 Å². The summed E-state index contributed by atoms with van der Waals surface area (Å²) in [7, 11) is 0. The van der Waals surface area contributed by atoms with Gasteiger partial charge in [-0.05, 0) is 30.9 Å². The normalized spacial score (nSPS) is 22.8. The quantitative estimate of drug-likeness (QED) is 0.807. The van der Waals surface area contributed by atoms with Crippen LogP contribution >= 0.6 is 11.8 Å². The van der Waals surface area contributed by atoms with Crippen molar-refractivity contribution in [2.75, 3.05) is 19.7 Å². The highest BCUT2D eigenvalue weighted by molar-refractivity contribution is 8.00. The van der Waals surface area contributed by atoms with E-state index in [1.165, 1.54) is 42.6 Å². The van der Waals surface area contributed by atoms with E-state index in [-0.39, 0.29) is 0 Å². The zero-order valence-corrected chi connectivity index (χ0v) is 12.3. The van der Waals surface area contributed by atoms with Gasteiger partial charge >= 0.3 is 0 Å². The third-order valence-corrected chi connectivity index (χ3v) is 5.34. The second-order valence-electron chi connectivity index (χ2n) is 5.53. The molecule has 19 heavy (non-hydrogen) atoms. The molecule has 2 aliphatic rings. The zero-order chi connectivity index (χ0) is 12.9. The maximum Gasteiger partial charge on any atom is 0.0594 e. The first-order chi connectivity index (χ1) is 9.42. The van der Waals surface area contributed by atoms with Crippen LogP contribution in [0.15, 0.2) is 29.2 Å². The molecule has 0 saturated heterocycles. The zero-order valence-electron chi connectivity index (χ0n) is 11.4. The van der Waals surface area contributed by atoms with Crippen molar-refractivity contribution in [3.63, 3.8) is 0 Å². The smallest absolute Gasteiger partial charge is 0.0594 e. The summed E-state index contributed by atoms with van der Waals surface area (Å²) in [6.07, 6.45) is 7.01. The fourth-order valence-corrected chi connectivity index (χ4v) is 4.27. The van der Waals surface area contributed by atoms with Crippen molar-refractivity contribution in [3.8, 4) is 0 Å². The van der Waals surface area contributed by atoms with E-state index in [0.717, 1.165) is 19.7 Å². The average Bonchev–Trinajstić information content (AvgIpc) is 3.06. The molecule has 1 N–H and O–H groups in total. The molecule has 1 aromatic carbocycles. The first-order valence-corrected chi connectivity index (χ1v) is 8.36. The molecule has 0 amide bonds. The van der Waals surface area contributed by atoms with Gasteiger partial charge in [0.2, 0.25) is 0 Å². The first-order valence-electron chi connectivity index (χ1n) is 7.49. The molecule has 1 aliphatic heterocycles. The Kier molecular flexibility index (Phi) is 4.81. The monoisotopic (exact) mass is 277 g/mol. The lowest BCUT2D eigenvalue weighted by molar-refractivity contribution is 0.0605. The molecular formula is C16H23NOS. The number of ether oxygens (including phenoxy) is 1. The van der Waals surface area contributed by atoms with Crippen LogP contribution in [0.1, 0.15) is 31.2 Å². The Labute approximate surface area is 120 Å². The largest absolute Gasteiger partial charge is 0.377 e. The molecular weight excluding hydrogens is 254 g/mol. The molecule has 2 nitrogen and oxygen atoms in total. The molecule has 0 bridgehead atoms. The summed E-state index contributed by atoms with van der Waals surface area (Å²) < 4.78 is 5.86. The second-order valence-corrected chi connectivity index (χ2v) is 6.88. The summed E-state index contributed by atoms with van der Waals surface area (Å²) >= 11 is 2.02. The maximum absolute atomic E-state index is 5.86. The van der Waals surface area contributed by atoms with Gasteiger partial charge in [0.1, 0.15) is 0 Å². The van der Waals surface area contributed by atoms with E-state index in [0.29, 0.717) is 11.4 Å². The van der Waals surface area contributed by atoms with Gasteiger partial charge < -0.3 is 10.1 Å². The van der Waals surface area contributed by atoms with Crippen molar-refractivity contribution in [1.29, 1.82) is 0 Å². The number of benzene rings is 1. The minimum Gasteiger partial charge on any atom is -0.377 e. The average molecular weight is 277 g/mol. The van der Waals surface area contributed by atoms with Gasteiger partial charge in [0.25, 0.3) is 0 Å². The van der Waals surface area contributed by atoms with E-state index in [9.17, 15) is 0 Å². The van der Waals surface area contributed by atoms with E-state index in [1.807, 2.05) is 11.8 Å². The molecule has 1 unspecified atom stereocenters. The number of hydrogen-bond acceptors (Lipinski definition) is 3. The van der Waals surface area contributed by atoms with Crippen LogP contribution in [0.25, 0.3) is 0 Å². The molecule has 1 heterocycles. The Morgan fingerprint density at radius 2 is 2.05 bits per heavy atom. The lowest BCUT2D eigenvalue weighted by Gasteiger charge is -2.13. The third kappa shape index (κ3) is 3.74. The molecule has 104 valence electrons. The van der Waals surface area contributed by atoms with Crippen LogP contribution in [0.5, 0.6) is 0 Å². The highest BCUT2D eigenvalue weighted by Gasteiger charge is 2.21. The van der Waals surface area contributed by atoms with Crippen molar-refractivity contribution in [2.45, 2.75) is 48.4 Å². The predicted molar refractivity (Wildman–Crippen MR) is 80.9 cm³/mol. The number of hydrogen-bond donors (Lipinski definition) is 1. The van der Waals surface area contributed by atoms with Crippen molar-refractivity contribution in [1.82, 2.24) is 5.32 Å². The molecule has 0 aromatic heterocycles. The minimum atomic E-state index is 0.548. The Morgan fingerprint density at radius 1 is 1.21 bits per heavy atom. The van der Waals surface area contributed by atoms with E-state index in [4.69, 9.17) is 4.74 Å². The summed E-state index contributed by atoms with van der Waals surface area (Å²) in [4.78, 5) is 1.47. The number of rotatable bonds is 6. The third-order valence-electron chi connectivity index (χ3n) is 4.02. The van der Waals surface area contributed by atoms with Crippen LogP contribution in [-0.4, -0.2) is 31.1 Å². The molecule has 0 spiro atoms. The highest BCUT2D eigenvalue weighted by Crippen LogP contribution is 2.36. The van der Waals surface area contributed by atoms with Gasteiger partial charge in [-0.15, -0.1) is 11.8 Å². The van der Waals surface area contributed by atoms with Gasteiger partial charge in [-0.25, -0.2) is 0 Å². The second kappa shape index (κ2) is 6.78. The van der Waals surface area contributed by atoms with E-state index in [1.54, 1.807) is 0 Å². The predicted octanol–water partition coefficient (Wildman–Crippen LogP) is 3.25. The molecule has 1 atom stereocenters. The van der Waals surface area contributed by atoms with Gasteiger partial charge in [0.15, 0.2) is 0 Å². The molecule has 1 aromatic rings. The van der Waals surface area contributed by atoms with Crippen LogP contribution in [0.4, 0.5) is 0 Å². The van der Waals surface area contributed by atoms with Gasteiger partial charge in [-0.2, -0.15) is 0 Å². The van der Waals surface area contributed by atoms with Crippen molar-refractivity contribution in [3.05, 3.63) is 29.8 Å². The van der Waals surface area contributed by atoms with E-state index in [2.05, 4.69) is 29.6 Å². The Bertz CT molecular complexity index is 378. The summed E-state index contributed by atoms with van der Waals surface area (Å²) in [6.45, 7) is 2.95. The Morgan fingerprint density at radius 3 is 2.89 bits per heavy atom. The molecule has 1 aliphatic carbocycles. The molecule has 3 heteroatoms. The minimum absolute atomic E-state index is 0.548. The molecule has 3 rings (SSSR count). The topological polar surface area (TPSA) is 21.3 Å².